The Morgan fingerprint density at radius 2 is 1.59 bits per heavy atom. The molecule has 1 aromatic carbocycles. The molecule has 1 N–H and O–H groups in total. The van der Waals surface area contributed by atoms with Crippen LogP contribution in [-0.4, -0.2) is 39.7 Å². The monoisotopic (exact) mass is 389 g/mol. The second kappa shape index (κ2) is 8.72. The van der Waals surface area contributed by atoms with Gasteiger partial charge in [0.05, 0.1) is 12.6 Å². The van der Waals surface area contributed by atoms with E-state index in [1.54, 1.807) is 24.8 Å². The van der Waals surface area contributed by atoms with E-state index >= 15 is 0 Å². The second-order valence-corrected chi connectivity index (χ2v) is 7.37. The molecule has 5 heteroatoms. The number of hydrogen-bond donors (Lipinski definition) is 1. The molecule has 1 fully saturated rings. The first-order chi connectivity index (χ1) is 14.2. The minimum absolute atomic E-state index is 0.318. The summed E-state index contributed by atoms with van der Waals surface area (Å²) in [5, 5.41) is 12.4. The molecule has 29 heavy (non-hydrogen) atoms. The molecular weight excluding hydrogens is 362 g/mol. The molecule has 1 aliphatic heterocycles. The van der Waals surface area contributed by atoms with Crippen LogP contribution in [0.15, 0.2) is 73.3 Å². The molecule has 1 saturated heterocycles. The highest BCUT2D eigenvalue weighted by molar-refractivity contribution is 5.44. The van der Waals surface area contributed by atoms with Crippen molar-refractivity contribution in [3.05, 3.63) is 90.0 Å². The van der Waals surface area contributed by atoms with Crippen molar-refractivity contribution in [2.45, 2.75) is 31.4 Å². The fourth-order valence-corrected chi connectivity index (χ4v) is 4.34. The molecule has 1 atom stereocenters. The van der Waals surface area contributed by atoms with Crippen LogP contribution in [0.2, 0.25) is 0 Å². The van der Waals surface area contributed by atoms with Gasteiger partial charge < -0.3 is 9.84 Å². The van der Waals surface area contributed by atoms with E-state index in [1.165, 1.54) is 0 Å². The summed E-state index contributed by atoms with van der Waals surface area (Å²) in [6.07, 6.45) is 9.18. The first-order valence-electron chi connectivity index (χ1n) is 10.2. The normalized spacial score (nSPS) is 15.9. The maximum Gasteiger partial charge on any atom is 0.137 e. The van der Waals surface area contributed by atoms with Crippen LogP contribution < -0.4 is 4.74 Å². The summed E-state index contributed by atoms with van der Waals surface area (Å²) in [4.78, 5) is 11.0. The fourth-order valence-electron chi connectivity index (χ4n) is 4.34. The highest BCUT2D eigenvalue weighted by Crippen LogP contribution is 2.47. The molecule has 3 aromatic rings. The van der Waals surface area contributed by atoms with Gasteiger partial charge in [-0.1, -0.05) is 30.3 Å². The number of likely N-dealkylation sites (tertiary alicyclic amines) is 1. The van der Waals surface area contributed by atoms with Crippen molar-refractivity contribution in [1.82, 2.24) is 14.9 Å². The van der Waals surface area contributed by atoms with Crippen LogP contribution in [0.25, 0.3) is 0 Å². The number of aromatic nitrogens is 2. The van der Waals surface area contributed by atoms with E-state index in [1.807, 2.05) is 49.4 Å². The van der Waals surface area contributed by atoms with Crippen molar-refractivity contribution in [2.75, 3.05) is 19.7 Å². The smallest absolute Gasteiger partial charge is 0.137 e. The van der Waals surface area contributed by atoms with Gasteiger partial charge >= 0.3 is 0 Å². The molecule has 0 aliphatic carbocycles. The Balaban J connectivity index is 1.95. The SMILES string of the molecule is CCOc1ccccc1C(N1CCCC1)C(O)(c1cccnc1)c1cccnc1. The third-order valence-electron chi connectivity index (χ3n) is 5.62. The number of para-hydroxylation sites is 1. The number of nitrogens with zero attached hydrogens (tertiary/aromatic N) is 3. The van der Waals surface area contributed by atoms with Crippen LogP contribution >= 0.6 is 0 Å². The number of hydrogen-bond acceptors (Lipinski definition) is 5. The van der Waals surface area contributed by atoms with Crippen molar-refractivity contribution < 1.29 is 9.84 Å². The predicted molar refractivity (Wildman–Crippen MR) is 113 cm³/mol. The quantitative estimate of drug-likeness (QED) is 0.663. The van der Waals surface area contributed by atoms with Gasteiger partial charge in [-0.25, -0.2) is 0 Å². The van der Waals surface area contributed by atoms with E-state index in [4.69, 9.17) is 4.74 Å². The minimum atomic E-state index is -1.32. The van der Waals surface area contributed by atoms with Gasteiger partial charge in [0.2, 0.25) is 0 Å². The van der Waals surface area contributed by atoms with E-state index < -0.39 is 5.60 Å². The van der Waals surface area contributed by atoms with Crippen molar-refractivity contribution in [2.24, 2.45) is 0 Å². The molecule has 0 saturated carbocycles. The largest absolute Gasteiger partial charge is 0.494 e. The van der Waals surface area contributed by atoms with Gasteiger partial charge in [0.15, 0.2) is 0 Å². The summed E-state index contributed by atoms with van der Waals surface area (Å²) >= 11 is 0. The Morgan fingerprint density at radius 3 is 2.14 bits per heavy atom. The summed E-state index contributed by atoms with van der Waals surface area (Å²) in [5.41, 5.74) is 1.15. The molecule has 2 aromatic heterocycles. The maximum atomic E-state index is 12.4. The number of rotatable bonds is 7. The standard InChI is InChI=1S/C24H27N3O2/c1-2-29-22-12-4-3-11-21(22)23(27-15-5-6-16-27)24(28,19-9-7-13-25-17-19)20-10-8-14-26-18-20/h3-4,7-14,17-18,23,28H,2,5-6,15-16H2,1H3. The molecule has 0 amide bonds. The van der Waals surface area contributed by atoms with E-state index in [0.29, 0.717) is 6.61 Å². The van der Waals surface area contributed by atoms with Gasteiger partial charge in [0.1, 0.15) is 11.4 Å². The molecular formula is C24H27N3O2. The molecule has 4 rings (SSSR count). The van der Waals surface area contributed by atoms with E-state index in [9.17, 15) is 5.11 Å². The lowest BCUT2D eigenvalue weighted by atomic mass is 9.77. The lowest BCUT2D eigenvalue weighted by molar-refractivity contribution is -0.0163. The zero-order valence-corrected chi connectivity index (χ0v) is 16.7. The van der Waals surface area contributed by atoms with E-state index in [-0.39, 0.29) is 6.04 Å². The zero-order valence-electron chi connectivity index (χ0n) is 16.7. The zero-order chi connectivity index (χ0) is 20.1. The molecule has 1 aliphatic rings. The van der Waals surface area contributed by atoms with Crippen molar-refractivity contribution in [3.63, 3.8) is 0 Å². The first kappa shape index (κ1) is 19.6. The fraction of sp³-hybridized carbons (Fsp3) is 0.333. The summed E-state index contributed by atoms with van der Waals surface area (Å²) in [5.74, 6) is 0.804. The van der Waals surface area contributed by atoms with Crippen molar-refractivity contribution >= 4 is 0 Å². The van der Waals surface area contributed by atoms with Crippen LogP contribution in [0.5, 0.6) is 5.75 Å². The van der Waals surface area contributed by atoms with Gasteiger partial charge in [-0.05, 0) is 51.1 Å². The second-order valence-electron chi connectivity index (χ2n) is 7.37. The highest BCUT2D eigenvalue weighted by atomic mass is 16.5. The average molecular weight is 389 g/mol. The van der Waals surface area contributed by atoms with Gasteiger partial charge in [-0.2, -0.15) is 0 Å². The molecule has 0 bridgehead atoms. The number of pyridine rings is 2. The van der Waals surface area contributed by atoms with Crippen LogP contribution in [0, 0.1) is 0 Å². The molecule has 3 heterocycles. The highest BCUT2D eigenvalue weighted by Gasteiger charge is 2.46. The van der Waals surface area contributed by atoms with Crippen LogP contribution in [0.4, 0.5) is 0 Å². The predicted octanol–water partition coefficient (Wildman–Crippen LogP) is 3.95. The lowest BCUT2D eigenvalue weighted by Crippen LogP contribution is -2.44. The average Bonchev–Trinajstić information content (AvgIpc) is 3.31. The Bertz CT molecular complexity index is 872. The van der Waals surface area contributed by atoms with Gasteiger partial charge in [-0.3, -0.25) is 14.9 Å². The van der Waals surface area contributed by atoms with E-state index in [2.05, 4.69) is 20.9 Å². The Labute approximate surface area is 172 Å². The Morgan fingerprint density at radius 1 is 0.966 bits per heavy atom. The first-order valence-corrected chi connectivity index (χ1v) is 10.2. The lowest BCUT2D eigenvalue weighted by Gasteiger charge is -2.42. The van der Waals surface area contributed by atoms with Gasteiger partial charge in [0.25, 0.3) is 0 Å². The van der Waals surface area contributed by atoms with Gasteiger partial charge in [0, 0.05) is 41.5 Å². The van der Waals surface area contributed by atoms with Crippen molar-refractivity contribution in [1.29, 1.82) is 0 Å². The molecule has 150 valence electrons. The van der Waals surface area contributed by atoms with Crippen molar-refractivity contribution in [3.8, 4) is 5.75 Å². The Hall–Kier alpha value is -2.76. The molecule has 0 radical (unpaired) electrons. The summed E-state index contributed by atoms with van der Waals surface area (Å²) < 4.78 is 5.98. The number of ether oxygens (including phenoxy) is 1. The van der Waals surface area contributed by atoms with Gasteiger partial charge in [-0.15, -0.1) is 0 Å². The van der Waals surface area contributed by atoms with E-state index in [0.717, 1.165) is 48.4 Å². The van der Waals surface area contributed by atoms with Crippen LogP contribution in [0.3, 0.4) is 0 Å². The Kier molecular flexibility index (Phi) is 5.88. The van der Waals surface area contributed by atoms with Crippen LogP contribution in [-0.2, 0) is 5.60 Å². The third kappa shape index (κ3) is 3.76. The summed E-state index contributed by atoms with van der Waals surface area (Å²) in [6, 6.07) is 15.3. The summed E-state index contributed by atoms with van der Waals surface area (Å²) in [7, 11) is 0. The molecule has 0 spiro atoms. The number of benzene rings is 1. The van der Waals surface area contributed by atoms with Crippen LogP contribution in [0.1, 0.15) is 42.5 Å². The maximum absolute atomic E-state index is 12.4. The topological polar surface area (TPSA) is 58.5 Å². The summed E-state index contributed by atoms with van der Waals surface area (Å²) in [6.45, 7) is 4.40. The number of aliphatic hydroxyl groups is 1. The molecule has 1 unspecified atom stereocenters. The molecule has 5 nitrogen and oxygen atoms in total. The minimum Gasteiger partial charge on any atom is -0.494 e. The third-order valence-corrected chi connectivity index (χ3v) is 5.62.